The number of nitrogens with zero attached hydrogens (tertiary/aromatic N) is 1. The van der Waals surface area contributed by atoms with Crippen molar-refractivity contribution in [1.29, 1.82) is 0 Å². The first-order chi connectivity index (χ1) is 9.41. The third kappa shape index (κ3) is 2.04. The van der Waals surface area contributed by atoms with E-state index in [-0.39, 0.29) is 11.5 Å². The van der Waals surface area contributed by atoms with Gasteiger partial charge in [-0.2, -0.15) is 0 Å². The van der Waals surface area contributed by atoms with Crippen LogP contribution in [0.2, 0.25) is 5.02 Å². The van der Waals surface area contributed by atoms with Crippen LogP contribution in [-0.4, -0.2) is 11.0 Å². The molecule has 108 valence electrons. The molecule has 1 aromatic heterocycles. The second-order valence-electron chi connectivity index (χ2n) is 6.54. The summed E-state index contributed by atoms with van der Waals surface area (Å²) in [4.78, 5) is 4.66. The molecule has 20 heavy (non-hydrogen) atoms. The first kappa shape index (κ1) is 13.9. The van der Waals surface area contributed by atoms with Gasteiger partial charge < -0.3 is 10.2 Å². The fourth-order valence-corrected chi connectivity index (χ4v) is 3.58. The molecular formula is C16H21ClN2O. The van der Waals surface area contributed by atoms with E-state index in [1.807, 2.05) is 18.2 Å². The van der Waals surface area contributed by atoms with Crippen molar-refractivity contribution in [1.82, 2.24) is 4.98 Å². The average molecular weight is 293 g/mol. The van der Waals surface area contributed by atoms with Gasteiger partial charge in [-0.1, -0.05) is 38.4 Å². The predicted octanol–water partition coefficient (Wildman–Crippen LogP) is 4.35. The Balaban J connectivity index is 2.04. The molecule has 1 saturated carbocycles. The molecule has 0 aliphatic heterocycles. The maximum atomic E-state index is 6.22. The Labute approximate surface area is 124 Å². The van der Waals surface area contributed by atoms with Crippen LogP contribution in [0.25, 0.3) is 11.1 Å². The standard InChI is InChI=1S/C16H21ClN2O/c1-9-12(18)8-7-10(16(9,2)3)15-19-13-6-4-5-11(17)14(13)20-15/h4-6,9-10,12H,7-8,18H2,1-3H3. The van der Waals surface area contributed by atoms with E-state index in [0.717, 1.165) is 24.2 Å². The molecule has 3 unspecified atom stereocenters. The molecular weight excluding hydrogens is 272 g/mol. The maximum Gasteiger partial charge on any atom is 0.199 e. The second kappa shape index (κ2) is 4.74. The first-order valence-corrected chi connectivity index (χ1v) is 7.59. The summed E-state index contributed by atoms with van der Waals surface area (Å²) < 4.78 is 5.97. The van der Waals surface area contributed by atoms with Gasteiger partial charge in [-0.3, -0.25) is 0 Å². The molecule has 2 aromatic rings. The molecule has 2 N–H and O–H groups in total. The lowest BCUT2D eigenvalue weighted by atomic mass is 9.61. The topological polar surface area (TPSA) is 52.0 Å². The normalized spacial score (nSPS) is 29.8. The van der Waals surface area contributed by atoms with Crippen molar-refractivity contribution in [3.63, 3.8) is 0 Å². The number of rotatable bonds is 1. The van der Waals surface area contributed by atoms with Crippen molar-refractivity contribution in [2.45, 2.75) is 45.6 Å². The van der Waals surface area contributed by atoms with E-state index in [1.165, 1.54) is 0 Å². The lowest BCUT2D eigenvalue weighted by Gasteiger charge is -2.45. The van der Waals surface area contributed by atoms with Crippen LogP contribution in [-0.2, 0) is 0 Å². The summed E-state index contributed by atoms with van der Waals surface area (Å²) >= 11 is 6.18. The number of oxazole rings is 1. The summed E-state index contributed by atoms with van der Waals surface area (Å²) in [5, 5.41) is 0.625. The largest absolute Gasteiger partial charge is 0.439 e. The molecule has 0 saturated heterocycles. The highest BCUT2D eigenvalue weighted by Gasteiger charge is 2.44. The van der Waals surface area contributed by atoms with Crippen molar-refractivity contribution in [2.24, 2.45) is 17.1 Å². The van der Waals surface area contributed by atoms with Gasteiger partial charge in [0.2, 0.25) is 0 Å². The Bertz CT molecular complexity index is 634. The van der Waals surface area contributed by atoms with Crippen LogP contribution in [0.15, 0.2) is 22.6 Å². The Morgan fingerprint density at radius 2 is 2.10 bits per heavy atom. The summed E-state index contributed by atoms with van der Waals surface area (Å²) in [7, 11) is 0. The lowest BCUT2D eigenvalue weighted by Crippen LogP contribution is -2.45. The van der Waals surface area contributed by atoms with E-state index in [4.69, 9.17) is 21.8 Å². The summed E-state index contributed by atoms with van der Waals surface area (Å²) in [5.74, 6) is 1.53. The molecule has 1 aliphatic carbocycles. The molecule has 1 aliphatic rings. The van der Waals surface area contributed by atoms with Crippen LogP contribution in [0.4, 0.5) is 0 Å². The van der Waals surface area contributed by atoms with Crippen LogP contribution >= 0.6 is 11.6 Å². The number of hydrogen-bond donors (Lipinski definition) is 1. The Morgan fingerprint density at radius 1 is 1.35 bits per heavy atom. The lowest BCUT2D eigenvalue weighted by molar-refractivity contribution is 0.0855. The molecule has 0 radical (unpaired) electrons. The third-order valence-corrected chi connectivity index (χ3v) is 5.48. The molecule has 3 nitrogen and oxygen atoms in total. The summed E-state index contributed by atoms with van der Waals surface area (Å²) in [6, 6.07) is 5.94. The highest BCUT2D eigenvalue weighted by Crippen LogP contribution is 2.50. The van der Waals surface area contributed by atoms with Gasteiger partial charge in [-0.25, -0.2) is 4.98 Å². The van der Waals surface area contributed by atoms with Gasteiger partial charge >= 0.3 is 0 Å². The zero-order valence-electron chi connectivity index (χ0n) is 12.2. The zero-order chi connectivity index (χ0) is 14.5. The number of benzene rings is 1. The van der Waals surface area contributed by atoms with Crippen LogP contribution in [0, 0.1) is 11.3 Å². The molecule has 1 heterocycles. The van der Waals surface area contributed by atoms with Crippen LogP contribution in [0.1, 0.15) is 45.4 Å². The molecule has 1 aromatic carbocycles. The maximum absolute atomic E-state index is 6.22. The Morgan fingerprint density at radius 3 is 2.80 bits per heavy atom. The summed E-state index contributed by atoms with van der Waals surface area (Å²) in [6.07, 6.45) is 2.03. The second-order valence-corrected chi connectivity index (χ2v) is 6.95. The van der Waals surface area contributed by atoms with E-state index in [2.05, 4.69) is 25.8 Å². The van der Waals surface area contributed by atoms with Gasteiger partial charge in [-0.05, 0) is 36.3 Å². The van der Waals surface area contributed by atoms with E-state index in [0.29, 0.717) is 22.4 Å². The monoisotopic (exact) mass is 292 g/mol. The number of hydrogen-bond acceptors (Lipinski definition) is 3. The molecule has 3 atom stereocenters. The fourth-order valence-electron chi connectivity index (χ4n) is 3.37. The van der Waals surface area contributed by atoms with Gasteiger partial charge in [0.15, 0.2) is 11.5 Å². The zero-order valence-corrected chi connectivity index (χ0v) is 12.9. The number of fused-ring (bicyclic) bond motifs is 1. The molecule has 0 spiro atoms. The van der Waals surface area contributed by atoms with Crippen molar-refractivity contribution in [3.05, 3.63) is 29.1 Å². The van der Waals surface area contributed by atoms with Gasteiger partial charge in [0.25, 0.3) is 0 Å². The quantitative estimate of drug-likeness (QED) is 0.850. The smallest absolute Gasteiger partial charge is 0.199 e. The highest BCUT2D eigenvalue weighted by atomic mass is 35.5. The fraction of sp³-hybridized carbons (Fsp3) is 0.562. The van der Waals surface area contributed by atoms with Gasteiger partial charge in [0.1, 0.15) is 5.52 Å². The van der Waals surface area contributed by atoms with Crippen molar-refractivity contribution < 1.29 is 4.42 Å². The van der Waals surface area contributed by atoms with E-state index >= 15 is 0 Å². The summed E-state index contributed by atoms with van der Waals surface area (Å²) in [6.45, 7) is 6.75. The number of nitrogens with two attached hydrogens (primary N) is 1. The van der Waals surface area contributed by atoms with Crippen LogP contribution in [0.3, 0.4) is 0 Å². The van der Waals surface area contributed by atoms with Crippen molar-refractivity contribution in [2.75, 3.05) is 0 Å². The van der Waals surface area contributed by atoms with Gasteiger partial charge in [0, 0.05) is 12.0 Å². The molecule has 0 bridgehead atoms. The Kier molecular flexibility index (Phi) is 3.30. The van der Waals surface area contributed by atoms with E-state index < -0.39 is 0 Å². The van der Waals surface area contributed by atoms with E-state index in [1.54, 1.807) is 0 Å². The first-order valence-electron chi connectivity index (χ1n) is 7.21. The Hall–Kier alpha value is -1.06. The minimum absolute atomic E-state index is 0.0744. The van der Waals surface area contributed by atoms with Gasteiger partial charge in [-0.15, -0.1) is 0 Å². The minimum Gasteiger partial charge on any atom is -0.439 e. The molecule has 1 fully saturated rings. The van der Waals surface area contributed by atoms with Crippen molar-refractivity contribution >= 4 is 22.7 Å². The third-order valence-electron chi connectivity index (χ3n) is 5.18. The number of aromatic nitrogens is 1. The number of para-hydroxylation sites is 1. The average Bonchev–Trinajstić information content (AvgIpc) is 2.81. The predicted molar refractivity (Wildman–Crippen MR) is 81.9 cm³/mol. The van der Waals surface area contributed by atoms with Crippen LogP contribution < -0.4 is 5.73 Å². The summed E-state index contributed by atoms with van der Waals surface area (Å²) in [5.41, 5.74) is 7.83. The minimum atomic E-state index is 0.0744. The SMILES string of the molecule is CC1C(N)CCC(c2nc3cccc(Cl)c3o2)C1(C)C. The number of halogens is 1. The molecule has 3 rings (SSSR count). The van der Waals surface area contributed by atoms with Gasteiger partial charge in [0.05, 0.1) is 5.02 Å². The highest BCUT2D eigenvalue weighted by molar-refractivity contribution is 6.34. The molecule has 4 heteroatoms. The van der Waals surface area contributed by atoms with Crippen LogP contribution in [0.5, 0.6) is 0 Å². The van der Waals surface area contributed by atoms with Crippen molar-refractivity contribution in [3.8, 4) is 0 Å². The molecule has 0 amide bonds. The van der Waals surface area contributed by atoms with E-state index in [9.17, 15) is 0 Å².